The van der Waals surface area contributed by atoms with E-state index >= 15 is 0 Å². The van der Waals surface area contributed by atoms with E-state index in [2.05, 4.69) is 30.6 Å². The van der Waals surface area contributed by atoms with Crippen LogP contribution < -0.4 is 10.6 Å². The third-order valence-electron chi connectivity index (χ3n) is 8.42. The smallest absolute Gasteiger partial charge is 0.219 e. The molecule has 2 aliphatic carbocycles. The van der Waals surface area contributed by atoms with Crippen molar-refractivity contribution in [3.8, 4) is 33.6 Å². The van der Waals surface area contributed by atoms with Gasteiger partial charge in [-0.05, 0) is 48.6 Å². The molecule has 2 aromatic heterocycles. The molecule has 4 aliphatic rings. The number of hydrogen-bond donors (Lipinski definition) is 4. The fourth-order valence-electron chi connectivity index (χ4n) is 6.16. The molecule has 2 aromatic carbocycles. The van der Waals surface area contributed by atoms with Crippen LogP contribution in [0.5, 0.6) is 0 Å². The van der Waals surface area contributed by atoms with Crippen molar-refractivity contribution >= 4 is 0 Å². The van der Waals surface area contributed by atoms with Gasteiger partial charge in [-0.1, -0.05) is 48.5 Å². The van der Waals surface area contributed by atoms with Crippen molar-refractivity contribution in [3.05, 3.63) is 72.1 Å². The lowest BCUT2D eigenvalue weighted by Crippen LogP contribution is -2.18. The minimum Gasteiger partial charge on any atom is -0.317 e. The maximum absolute atomic E-state index is 14.7. The predicted molar refractivity (Wildman–Crippen MR) is 132 cm³/mol. The van der Waals surface area contributed by atoms with E-state index in [1.165, 1.54) is 12.8 Å². The lowest BCUT2D eigenvalue weighted by molar-refractivity contribution is 0.528. The molecule has 6 nitrogen and oxygen atoms in total. The first-order valence-electron chi connectivity index (χ1n) is 12.8. The number of piperidine rings is 2. The van der Waals surface area contributed by atoms with Gasteiger partial charge >= 0.3 is 0 Å². The molecule has 0 radical (unpaired) electrons. The number of fused-ring (bicyclic) bond motifs is 2. The molecule has 3 unspecified atom stereocenters. The highest BCUT2D eigenvalue weighted by Crippen LogP contribution is 2.46. The number of halogens is 2. The zero-order chi connectivity index (χ0) is 24.0. The predicted octanol–water partition coefficient (Wildman–Crippen LogP) is 5.26. The number of imidazole rings is 2. The fourth-order valence-corrected chi connectivity index (χ4v) is 6.16. The fraction of sp³-hybridized carbons (Fsp3) is 0.357. The Morgan fingerprint density at radius 1 is 0.556 bits per heavy atom. The van der Waals surface area contributed by atoms with Crippen LogP contribution in [0, 0.1) is 23.7 Å². The monoisotopic (exact) mass is 484 g/mol. The van der Waals surface area contributed by atoms with Gasteiger partial charge in [0.15, 0.2) is 0 Å². The molecule has 6 atom stereocenters. The number of aromatic amines is 2. The molecule has 36 heavy (non-hydrogen) atoms. The lowest BCUT2D eigenvalue weighted by atomic mass is 10.0. The maximum Gasteiger partial charge on any atom is 0.219 e. The second kappa shape index (κ2) is 7.57. The number of H-pyrrole nitrogens is 2. The van der Waals surface area contributed by atoms with Gasteiger partial charge in [-0.15, -0.1) is 0 Å². The number of rotatable bonds is 5. The first-order valence-corrected chi connectivity index (χ1v) is 12.8. The Labute approximate surface area is 207 Å². The summed E-state index contributed by atoms with van der Waals surface area (Å²) in [6.45, 7) is 0. The van der Waals surface area contributed by atoms with Crippen molar-refractivity contribution < 1.29 is 8.78 Å². The lowest BCUT2D eigenvalue weighted by Gasteiger charge is -2.09. The third-order valence-corrected chi connectivity index (χ3v) is 8.42. The van der Waals surface area contributed by atoms with Crippen LogP contribution in [-0.2, 0) is 0 Å². The van der Waals surface area contributed by atoms with Gasteiger partial charge in [-0.2, -0.15) is 8.78 Å². The Kier molecular flexibility index (Phi) is 4.37. The third kappa shape index (κ3) is 3.43. The van der Waals surface area contributed by atoms with Crippen LogP contribution in [0.1, 0.15) is 49.4 Å². The number of hydrogen-bond acceptors (Lipinski definition) is 4. The molecule has 8 rings (SSSR count). The van der Waals surface area contributed by atoms with Gasteiger partial charge in [-0.25, -0.2) is 9.97 Å². The van der Waals surface area contributed by atoms with Crippen LogP contribution in [0.4, 0.5) is 8.78 Å². The Morgan fingerprint density at radius 2 is 0.944 bits per heavy atom. The highest BCUT2D eigenvalue weighted by molar-refractivity contribution is 5.71. The van der Waals surface area contributed by atoms with Gasteiger partial charge in [0.25, 0.3) is 0 Å². The summed E-state index contributed by atoms with van der Waals surface area (Å²) in [5.41, 5.74) is 4.18. The van der Waals surface area contributed by atoms with Crippen molar-refractivity contribution in [1.29, 1.82) is 0 Å². The largest absolute Gasteiger partial charge is 0.317 e. The molecule has 0 amide bonds. The zero-order valence-electron chi connectivity index (χ0n) is 19.6. The molecule has 4 aromatic rings. The van der Waals surface area contributed by atoms with Crippen molar-refractivity contribution in [2.24, 2.45) is 11.8 Å². The molecule has 2 saturated heterocycles. The summed E-state index contributed by atoms with van der Waals surface area (Å²) in [6, 6.07) is 16.8. The Bertz CT molecular complexity index is 1320. The summed E-state index contributed by atoms with van der Waals surface area (Å²) in [5, 5.41) is 7.02. The van der Waals surface area contributed by atoms with E-state index in [0.29, 0.717) is 35.1 Å². The number of nitrogens with one attached hydrogen (secondary N) is 4. The summed E-state index contributed by atoms with van der Waals surface area (Å²) in [5.74, 6) is 2.02. The molecular formula is C28H26F2N6. The summed E-state index contributed by atoms with van der Waals surface area (Å²) in [6.07, 6.45) is 4.50. The van der Waals surface area contributed by atoms with Crippen LogP contribution in [0.3, 0.4) is 0 Å². The minimum atomic E-state index is -0.394. The SMILES string of the molecule is Fc1[nH]c([C@@H]2CC3CC3N2)nc1-c1ccc(-c2ccc(-c3nc([C@@H]4CC5C[C@H]5N4)[nH]c3F)cc2)cc1. The van der Waals surface area contributed by atoms with E-state index in [-0.39, 0.29) is 12.1 Å². The summed E-state index contributed by atoms with van der Waals surface area (Å²) < 4.78 is 29.3. The van der Waals surface area contributed by atoms with Gasteiger partial charge in [0.05, 0.1) is 12.1 Å². The Morgan fingerprint density at radius 3 is 1.31 bits per heavy atom. The zero-order valence-corrected chi connectivity index (χ0v) is 19.6. The molecule has 8 heteroatoms. The number of nitrogens with zero attached hydrogens (tertiary/aromatic N) is 2. The maximum atomic E-state index is 14.7. The summed E-state index contributed by atoms with van der Waals surface area (Å²) >= 11 is 0. The van der Waals surface area contributed by atoms with E-state index in [9.17, 15) is 8.78 Å². The summed E-state index contributed by atoms with van der Waals surface area (Å²) in [7, 11) is 0. The molecule has 0 bridgehead atoms. The quantitative estimate of drug-likeness (QED) is 0.312. The van der Waals surface area contributed by atoms with E-state index in [1.54, 1.807) is 0 Å². The van der Waals surface area contributed by atoms with Gasteiger partial charge in [0.2, 0.25) is 11.9 Å². The topological polar surface area (TPSA) is 81.4 Å². The average Bonchev–Trinajstić information content (AvgIpc) is 3.51. The second-order valence-corrected chi connectivity index (χ2v) is 10.8. The minimum absolute atomic E-state index is 0.116. The van der Waals surface area contributed by atoms with Crippen molar-refractivity contribution in [3.63, 3.8) is 0 Å². The van der Waals surface area contributed by atoms with Crippen molar-refractivity contribution in [2.75, 3.05) is 0 Å². The van der Waals surface area contributed by atoms with E-state index in [4.69, 9.17) is 0 Å². The van der Waals surface area contributed by atoms with Crippen LogP contribution in [0.15, 0.2) is 48.5 Å². The molecule has 0 spiro atoms. The van der Waals surface area contributed by atoms with Gasteiger partial charge < -0.3 is 20.6 Å². The van der Waals surface area contributed by atoms with Gasteiger partial charge in [0, 0.05) is 23.2 Å². The first kappa shape index (κ1) is 20.8. The summed E-state index contributed by atoms with van der Waals surface area (Å²) in [4.78, 5) is 14.8. The van der Waals surface area contributed by atoms with Gasteiger partial charge in [0.1, 0.15) is 23.0 Å². The van der Waals surface area contributed by atoms with Crippen molar-refractivity contribution in [1.82, 2.24) is 30.6 Å². The van der Waals surface area contributed by atoms with Crippen LogP contribution >= 0.6 is 0 Å². The molecule has 4 fully saturated rings. The van der Waals surface area contributed by atoms with E-state index < -0.39 is 11.9 Å². The van der Waals surface area contributed by atoms with E-state index in [0.717, 1.165) is 46.9 Å². The van der Waals surface area contributed by atoms with Crippen LogP contribution in [0.25, 0.3) is 33.6 Å². The molecule has 4 heterocycles. The number of aromatic nitrogens is 4. The molecule has 2 saturated carbocycles. The number of benzene rings is 2. The normalized spacial score (nSPS) is 29.8. The standard InChI is InChI=1S/C28H26F2N6/c29-25-23(33-27(35-25)21-11-17-9-19(17)31-21)15-5-1-13(2-6-15)14-3-7-16(8-4-14)24-26(30)36-28(34-24)22-12-18-10-20(18)32-22/h1-8,17-22,31-32H,9-12H2,(H,33,35)(H,34,36)/t17?,18?,19-,20?,21+,22+/m1/s1. The van der Waals surface area contributed by atoms with E-state index in [1.807, 2.05) is 48.5 Å². The molecular weight excluding hydrogens is 458 g/mol. The molecule has 182 valence electrons. The highest BCUT2D eigenvalue weighted by Gasteiger charge is 2.47. The molecule has 4 N–H and O–H groups in total. The first-order chi connectivity index (χ1) is 17.6. The van der Waals surface area contributed by atoms with Crippen LogP contribution in [-0.4, -0.2) is 32.0 Å². The highest BCUT2D eigenvalue weighted by atomic mass is 19.1. The Balaban J connectivity index is 1.00. The van der Waals surface area contributed by atoms with Crippen molar-refractivity contribution in [2.45, 2.75) is 49.9 Å². The van der Waals surface area contributed by atoms with Gasteiger partial charge in [-0.3, -0.25) is 0 Å². The van der Waals surface area contributed by atoms with Crippen LogP contribution in [0.2, 0.25) is 0 Å². The molecule has 2 aliphatic heterocycles. The average molecular weight is 485 g/mol. The Hall–Kier alpha value is -3.36. The second-order valence-electron chi connectivity index (χ2n) is 10.8.